The molecule has 3 aromatic rings. The van der Waals surface area contributed by atoms with Crippen LogP contribution in [0.1, 0.15) is 38.4 Å². The van der Waals surface area contributed by atoms with Crippen LogP contribution in [-0.4, -0.2) is 15.7 Å². The molecule has 0 spiro atoms. The third-order valence-electron chi connectivity index (χ3n) is 4.30. The van der Waals surface area contributed by atoms with Crippen LogP contribution in [0.15, 0.2) is 42.5 Å². The van der Waals surface area contributed by atoms with Gasteiger partial charge in [0.2, 0.25) is 0 Å². The summed E-state index contributed by atoms with van der Waals surface area (Å²) in [5.41, 5.74) is 7.86. The second-order valence-electron chi connectivity index (χ2n) is 6.61. The minimum absolute atomic E-state index is 0.102. The van der Waals surface area contributed by atoms with E-state index in [0.29, 0.717) is 5.56 Å². The minimum atomic E-state index is -0.102. The fourth-order valence-corrected chi connectivity index (χ4v) is 3.21. The molecule has 4 nitrogen and oxygen atoms in total. The van der Waals surface area contributed by atoms with Gasteiger partial charge in [0.1, 0.15) is 0 Å². The number of anilines is 1. The predicted octanol–water partition coefficient (Wildman–Crippen LogP) is 4.67. The minimum Gasteiger partial charge on any atom is -0.322 e. The van der Waals surface area contributed by atoms with E-state index in [9.17, 15) is 4.79 Å². The molecule has 4 heteroatoms. The highest BCUT2D eigenvalue weighted by atomic mass is 16.1. The summed E-state index contributed by atoms with van der Waals surface area (Å²) in [6, 6.07) is 13.7. The van der Waals surface area contributed by atoms with E-state index in [1.165, 1.54) is 5.56 Å². The lowest BCUT2D eigenvalue weighted by Crippen LogP contribution is -2.14. The van der Waals surface area contributed by atoms with Crippen molar-refractivity contribution in [1.29, 1.82) is 0 Å². The van der Waals surface area contributed by atoms with Crippen LogP contribution in [0.4, 0.5) is 5.69 Å². The van der Waals surface area contributed by atoms with Crippen molar-refractivity contribution in [1.82, 2.24) is 9.78 Å². The standard InChI is InChI=1S/C21H23N3O/c1-13-10-14(2)20(15(3)11-13)22-21(25)18-6-8-19(9-7-18)24-17(5)12-16(4)23-24/h6-12H,1-5H3,(H,22,25). The molecule has 25 heavy (non-hydrogen) atoms. The molecule has 0 aliphatic rings. The van der Waals surface area contributed by atoms with E-state index in [4.69, 9.17) is 0 Å². The summed E-state index contributed by atoms with van der Waals surface area (Å²) in [5.74, 6) is -0.102. The van der Waals surface area contributed by atoms with Gasteiger partial charge >= 0.3 is 0 Å². The maximum absolute atomic E-state index is 12.6. The van der Waals surface area contributed by atoms with E-state index in [-0.39, 0.29) is 5.91 Å². The number of hydrogen-bond donors (Lipinski definition) is 1. The zero-order valence-electron chi connectivity index (χ0n) is 15.3. The summed E-state index contributed by atoms with van der Waals surface area (Å²) < 4.78 is 1.88. The number of aryl methyl sites for hydroxylation is 5. The van der Waals surface area contributed by atoms with E-state index < -0.39 is 0 Å². The smallest absolute Gasteiger partial charge is 0.255 e. The van der Waals surface area contributed by atoms with Crippen molar-refractivity contribution in [3.05, 3.63) is 76.1 Å². The molecule has 0 bridgehead atoms. The zero-order chi connectivity index (χ0) is 18.1. The Bertz CT molecular complexity index is 913. The van der Waals surface area contributed by atoms with Crippen LogP contribution in [0.2, 0.25) is 0 Å². The summed E-state index contributed by atoms with van der Waals surface area (Å²) in [4.78, 5) is 12.6. The molecule has 0 unspecified atom stereocenters. The Labute approximate surface area is 148 Å². The summed E-state index contributed by atoms with van der Waals surface area (Å²) >= 11 is 0. The van der Waals surface area contributed by atoms with Gasteiger partial charge in [-0.1, -0.05) is 17.7 Å². The molecule has 0 saturated heterocycles. The number of hydrogen-bond acceptors (Lipinski definition) is 2. The highest BCUT2D eigenvalue weighted by Gasteiger charge is 2.11. The molecule has 0 saturated carbocycles. The quantitative estimate of drug-likeness (QED) is 0.757. The number of carbonyl (C=O) groups excluding carboxylic acids is 1. The lowest BCUT2D eigenvalue weighted by molar-refractivity contribution is 0.102. The molecule has 1 N–H and O–H groups in total. The number of aromatic nitrogens is 2. The van der Waals surface area contributed by atoms with Crippen molar-refractivity contribution in [2.75, 3.05) is 5.32 Å². The van der Waals surface area contributed by atoms with Crippen LogP contribution in [-0.2, 0) is 0 Å². The molecule has 2 aromatic carbocycles. The highest BCUT2D eigenvalue weighted by Crippen LogP contribution is 2.23. The number of rotatable bonds is 3. The molecular formula is C21H23N3O. The van der Waals surface area contributed by atoms with Crippen molar-refractivity contribution in [2.24, 2.45) is 0 Å². The molecule has 1 amide bonds. The fraction of sp³-hybridized carbons (Fsp3) is 0.238. The van der Waals surface area contributed by atoms with Gasteiger partial charge in [-0.3, -0.25) is 4.79 Å². The third-order valence-corrected chi connectivity index (χ3v) is 4.30. The molecule has 128 valence electrons. The van der Waals surface area contributed by atoms with Crippen molar-refractivity contribution in [3.8, 4) is 5.69 Å². The molecule has 1 heterocycles. The Balaban J connectivity index is 1.83. The fourth-order valence-electron chi connectivity index (χ4n) is 3.21. The third kappa shape index (κ3) is 3.48. The average Bonchev–Trinajstić information content (AvgIpc) is 2.89. The van der Waals surface area contributed by atoms with Crippen LogP contribution >= 0.6 is 0 Å². The molecule has 0 aliphatic heterocycles. The molecule has 0 atom stereocenters. The largest absolute Gasteiger partial charge is 0.322 e. The summed E-state index contributed by atoms with van der Waals surface area (Å²) in [6.07, 6.45) is 0. The van der Waals surface area contributed by atoms with Crippen molar-refractivity contribution in [3.63, 3.8) is 0 Å². The van der Waals surface area contributed by atoms with Crippen LogP contribution in [0.3, 0.4) is 0 Å². The van der Waals surface area contributed by atoms with Gasteiger partial charge in [0, 0.05) is 16.9 Å². The van der Waals surface area contributed by atoms with Gasteiger partial charge in [0.05, 0.1) is 11.4 Å². The number of amides is 1. The number of carbonyl (C=O) groups is 1. The van der Waals surface area contributed by atoms with Crippen LogP contribution in [0, 0.1) is 34.6 Å². The van der Waals surface area contributed by atoms with Gasteiger partial charge in [-0.05, 0) is 76.1 Å². The van der Waals surface area contributed by atoms with E-state index in [2.05, 4.69) is 29.5 Å². The Hall–Kier alpha value is -2.88. The number of benzene rings is 2. The highest BCUT2D eigenvalue weighted by molar-refractivity contribution is 6.05. The van der Waals surface area contributed by atoms with Gasteiger partial charge in [-0.2, -0.15) is 5.10 Å². The van der Waals surface area contributed by atoms with Crippen molar-refractivity contribution in [2.45, 2.75) is 34.6 Å². The van der Waals surface area contributed by atoms with Gasteiger partial charge in [0.15, 0.2) is 0 Å². The van der Waals surface area contributed by atoms with Crippen LogP contribution < -0.4 is 5.32 Å². The first-order chi connectivity index (χ1) is 11.8. The normalized spacial score (nSPS) is 10.8. The first kappa shape index (κ1) is 17.0. The Morgan fingerprint density at radius 2 is 1.52 bits per heavy atom. The molecule has 0 radical (unpaired) electrons. The van der Waals surface area contributed by atoms with Gasteiger partial charge in [0.25, 0.3) is 5.91 Å². The summed E-state index contributed by atoms with van der Waals surface area (Å²) in [7, 11) is 0. The molecule has 3 rings (SSSR count). The van der Waals surface area contributed by atoms with E-state index in [1.54, 1.807) is 0 Å². The molecule has 1 aromatic heterocycles. The van der Waals surface area contributed by atoms with Gasteiger partial charge in [-0.15, -0.1) is 0 Å². The molecular weight excluding hydrogens is 310 g/mol. The second-order valence-corrected chi connectivity index (χ2v) is 6.61. The Kier molecular flexibility index (Phi) is 4.45. The Morgan fingerprint density at radius 1 is 0.920 bits per heavy atom. The number of nitrogens with one attached hydrogen (secondary N) is 1. The first-order valence-electron chi connectivity index (χ1n) is 8.38. The lowest BCUT2D eigenvalue weighted by Gasteiger charge is -2.13. The second kappa shape index (κ2) is 6.55. The van der Waals surface area contributed by atoms with Crippen LogP contribution in [0.5, 0.6) is 0 Å². The monoisotopic (exact) mass is 333 g/mol. The average molecular weight is 333 g/mol. The first-order valence-corrected chi connectivity index (χ1v) is 8.38. The van der Waals surface area contributed by atoms with Crippen molar-refractivity contribution < 1.29 is 4.79 Å². The van der Waals surface area contributed by atoms with E-state index in [1.807, 2.05) is 62.7 Å². The van der Waals surface area contributed by atoms with Gasteiger partial charge in [-0.25, -0.2) is 4.68 Å². The number of nitrogens with zero attached hydrogens (tertiary/aromatic N) is 2. The summed E-state index contributed by atoms with van der Waals surface area (Å²) in [5, 5.41) is 7.51. The maximum Gasteiger partial charge on any atom is 0.255 e. The Morgan fingerprint density at radius 3 is 2.04 bits per heavy atom. The van der Waals surface area contributed by atoms with Crippen molar-refractivity contribution >= 4 is 11.6 Å². The topological polar surface area (TPSA) is 46.9 Å². The molecule has 0 fully saturated rings. The molecule has 0 aliphatic carbocycles. The van der Waals surface area contributed by atoms with Gasteiger partial charge < -0.3 is 5.32 Å². The zero-order valence-corrected chi connectivity index (χ0v) is 15.3. The van der Waals surface area contributed by atoms with E-state index in [0.717, 1.165) is 33.9 Å². The SMILES string of the molecule is Cc1cc(C)c(NC(=O)c2ccc(-n3nc(C)cc3C)cc2)c(C)c1. The summed E-state index contributed by atoms with van der Waals surface area (Å²) in [6.45, 7) is 10.1. The lowest BCUT2D eigenvalue weighted by atomic mass is 10.0. The predicted molar refractivity (Wildman–Crippen MR) is 102 cm³/mol. The van der Waals surface area contributed by atoms with Crippen LogP contribution in [0.25, 0.3) is 5.69 Å². The van der Waals surface area contributed by atoms with E-state index >= 15 is 0 Å². The maximum atomic E-state index is 12.6.